The van der Waals surface area contributed by atoms with Gasteiger partial charge in [0.1, 0.15) is 0 Å². The van der Waals surface area contributed by atoms with Crippen molar-refractivity contribution in [2.24, 2.45) is 5.92 Å². The van der Waals surface area contributed by atoms with E-state index in [-0.39, 0.29) is 18.3 Å². The summed E-state index contributed by atoms with van der Waals surface area (Å²) in [6.07, 6.45) is 2.17. The van der Waals surface area contributed by atoms with Crippen molar-refractivity contribution >= 4 is 17.6 Å². The highest BCUT2D eigenvalue weighted by molar-refractivity contribution is 5.99. The lowest BCUT2D eigenvalue weighted by Crippen LogP contribution is -2.27. The van der Waals surface area contributed by atoms with E-state index in [1.165, 1.54) is 5.56 Å². The molecule has 5 heteroatoms. The van der Waals surface area contributed by atoms with Gasteiger partial charge < -0.3 is 9.64 Å². The number of pyridine rings is 1. The summed E-state index contributed by atoms with van der Waals surface area (Å²) in [7, 11) is 0. The quantitative estimate of drug-likeness (QED) is 0.578. The number of amides is 1. The van der Waals surface area contributed by atoms with E-state index in [2.05, 4.69) is 11.9 Å². The standard InChI is InChI=1S/C25H24N2O3/c1-2-18-11-13-21(14-12-18)27-17-20(16-23(27)28)25(29)30-24(19-8-4-3-5-9-19)22-10-6-7-15-26-22/h3-15,20,24H,2,16-17H2,1H3. The maximum absolute atomic E-state index is 13.0. The number of carbonyl (C=O) groups excluding carboxylic acids is 2. The fourth-order valence-electron chi connectivity index (χ4n) is 3.70. The van der Waals surface area contributed by atoms with Gasteiger partial charge in [0.2, 0.25) is 5.91 Å². The second-order valence-corrected chi connectivity index (χ2v) is 7.41. The van der Waals surface area contributed by atoms with Crippen molar-refractivity contribution in [1.82, 2.24) is 4.98 Å². The maximum atomic E-state index is 13.0. The summed E-state index contributed by atoms with van der Waals surface area (Å²) < 4.78 is 5.90. The first kappa shape index (κ1) is 19.8. The van der Waals surface area contributed by atoms with Crippen molar-refractivity contribution in [1.29, 1.82) is 0 Å². The predicted molar refractivity (Wildman–Crippen MR) is 115 cm³/mol. The molecule has 1 fully saturated rings. The molecule has 0 N–H and O–H groups in total. The van der Waals surface area contributed by atoms with Crippen LogP contribution < -0.4 is 4.90 Å². The van der Waals surface area contributed by atoms with Crippen LogP contribution in [0.15, 0.2) is 79.0 Å². The van der Waals surface area contributed by atoms with Crippen LogP contribution in [0.3, 0.4) is 0 Å². The van der Waals surface area contributed by atoms with Gasteiger partial charge in [-0.05, 0) is 41.8 Å². The van der Waals surface area contributed by atoms with Crippen LogP contribution in [0.1, 0.15) is 36.3 Å². The lowest BCUT2D eigenvalue weighted by atomic mass is 10.0. The molecule has 0 radical (unpaired) electrons. The van der Waals surface area contributed by atoms with E-state index in [0.717, 1.165) is 17.7 Å². The minimum Gasteiger partial charge on any atom is -0.451 e. The Morgan fingerprint density at radius 3 is 2.47 bits per heavy atom. The molecule has 1 amide bonds. The molecular formula is C25H24N2O3. The molecule has 1 saturated heterocycles. The zero-order chi connectivity index (χ0) is 20.9. The average molecular weight is 400 g/mol. The van der Waals surface area contributed by atoms with Crippen molar-refractivity contribution in [3.8, 4) is 0 Å². The summed E-state index contributed by atoms with van der Waals surface area (Å²) in [4.78, 5) is 31.6. The lowest BCUT2D eigenvalue weighted by molar-refractivity contribution is -0.152. The van der Waals surface area contributed by atoms with Gasteiger partial charge in [-0.1, -0.05) is 55.5 Å². The molecular weight excluding hydrogens is 376 g/mol. The zero-order valence-corrected chi connectivity index (χ0v) is 16.9. The van der Waals surface area contributed by atoms with Crippen molar-refractivity contribution in [2.45, 2.75) is 25.9 Å². The molecule has 0 aliphatic carbocycles. The van der Waals surface area contributed by atoms with E-state index in [0.29, 0.717) is 12.2 Å². The SMILES string of the molecule is CCc1ccc(N2CC(C(=O)OC(c3ccccc3)c3ccccn3)CC2=O)cc1. The van der Waals surface area contributed by atoms with Crippen LogP contribution in [0.25, 0.3) is 0 Å². The Balaban J connectivity index is 1.51. The van der Waals surface area contributed by atoms with Crippen molar-refractivity contribution < 1.29 is 14.3 Å². The molecule has 0 bridgehead atoms. The molecule has 2 unspecified atom stereocenters. The van der Waals surface area contributed by atoms with Gasteiger partial charge in [0, 0.05) is 24.8 Å². The fraction of sp³-hybridized carbons (Fsp3) is 0.240. The molecule has 30 heavy (non-hydrogen) atoms. The Hall–Kier alpha value is -3.47. The van der Waals surface area contributed by atoms with Crippen LogP contribution in [0.2, 0.25) is 0 Å². The molecule has 2 atom stereocenters. The second kappa shape index (κ2) is 8.91. The van der Waals surface area contributed by atoms with Gasteiger partial charge in [-0.2, -0.15) is 0 Å². The number of aromatic nitrogens is 1. The monoisotopic (exact) mass is 400 g/mol. The smallest absolute Gasteiger partial charge is 0.312 e. The number of hydrogen-bond acceptors (Lipinski definition) is 4. The molecule has 4 rings (SSSR count). The molecule has 0 saturated carbocycles. The van der Waals surface area contributed by atoms with Gasteiger partial charge in [-0.3, -0.25) is 14.6 Å². The van der Waals surface area contributed by atoms with Crippen molar-refractivity contribution in [3.63, 3.8) is 0 Å². The van der Waals surface area contributed by atoms with Gasteiger partial charge in [-0.25, -0.2) is 0 Å². The number of carbonyl (C=O) groups is 2. The molecule has 5 nitrogen and oxygen atoms in total. The molecule has 0 spiro atoms. The Kier molecular flexibility index (Phi) is 5.89. The summed E-state index contributed by atoms with van der Waals surface area (Å²) in [5.74, 6) is -0.941. The zero-order valence-electron chi connectivity index (χ0n) is 16.9. The maximum Gasteiger partial charge on any atom is 0.312 e. The first-order valence-corrected chi connectivity index (χ1v) is 10.2. The third kappa shape index (κ3) is 4.25. The van der Waals surface area contributed by atoms with Gasteiger partial charge >= 0.3 is 5.97 Å². The van der Waals surface area contributed by atoms with Crippen LogP contribution >= 0.6 is 0 Å². The molecule has 1 aromatic heterocycles. The minimum absolute atomic E-state index is 0.0599. The summed E-state index contributed by atoms with van der Waals surface area (Å²) in [6, 6.07) is 23.0. The van der Waals surface area contributed by atoms with Crippen molar-refractivity contribution in [3.05, 3.63) is 95.8 Å². The molecule has 152 valence electrons. The van der Waals surface area contributed by atoms with E-state index < -0.39 is 12.0 Å². The Morgan fingerprint density at radius 2 is 1.80 bits per heavy atom. The third-order valence-corrected chi connectivity index (χ3v) is 5.41. The van der Waals surface area contributed by atoms with Gasteiger partial charge in [0.25, 0.3) is 0 Å². The molecule has 1 aliphatic rings. The number of nitrogens with zero attached hydrogens (tertiary/aromatic N) is 2. The molecule has 2 heterocycles. The summed E-state index contributed by atoms with van der Waals surface area (Å²) in [5, 5.41) is 0. The highest BCUT2D eigenvalue weighted by Crippen LogP contribution is 2.30. The van der Waals surface area contributed by atoms with Crippen LogP contribution in [-0.4, -0.2) is 23.4 Å². The van der Waals surface area contributed by atoms with Crippen LogP contribution in [0.5, 0.6) is 0 Å². The summed E-state index contributed by atoms with van der Waals surface area (Å²) in [6.45, 7) is 2.42. The van der Waals surface area contributed by atoms with E-state index in [4.69, 9.17) is 4.74 Å². The Bertz CT molecular complexity index is 964. The van der Waals surface area contributed by atoms with Gasteiger partial charge in [-0.15, -0.1) is 0 Å². The number of hydrogen-bond donors (Lipinski definition) is 0. The largest absolute Gasteiger partial charge is 0.451 e. The topological polar surface area (TPSA) is 59.5 Å². The number of aryl methyl sites for hydroxylation is 1. The van der Waals surface area contributed by atoms with Crippen LogP contribution in [0, 0.1) is 5.92 Å². The second-order valence-electron chi connectivity index (χ2n) is 7.41. The number of rotatable bonds is 6. The number of benzene rings is 2. The predicted octanol–water partition coefficient (Wildman–Crippen LogP) is 4.33. The minimum atomic E-state index is -0.604. The van der Waals surface area contributed by atoms with E-state index in [1.807, 2.05) is 72.8 Å². The molecule has 2 aromatic carbocycles. The lowest BCUT2D eigenvalue weighted by Gasteiger charge is -2.20. The highest BCUT2D eigenvalue weighted by Gasteiger charge is 2.37. The number of esters is 1. The van der Waals surface area contributed by atoms with Gasteiger partial charge in [0.05, 0.1) is 11.6 Å². The van der Waals surface area contributed by atoms with Crippen molar-refractivity contribution in [2.75, 3.05) is 11.4 Å². The first-order valence-electron chi connectivity index (χ1n) is 10.2. The van der Waals surface area contributed by atoms with Crippen LogP contribution in [0.4, 0.5) is 5.69 Å². The fourth-order valence-corrected chi connectivity index (χ4v) is 3.70. The van der Waals surface area contributed by atoms with E-state index in [9.17, 15) is 9.59 Å². The normalized spacial score (nSPS) is 17.0. The third-order valence-electron chi connectivity index (χ3n) is 5.41. The van der Waals surface area contributed by atoms with E-state index in [1.54, 1.807) is 11.1 Å². The van der Waals surface area contributed by atoms with Gasteiger partial charge in [0.15, 0.2) is 6.10 Å². The van der Waals surface area contributed by atoms with E-state index >= 15 is 0 Å². The first-order chi connectivity index (χ1) is 14.7. The summed E-state index contributed by atoms with van der Waals surface area (Å²) >= 11 is 0. The Morgan fingerprint density at radius 1 is 1.07 bits per heavy atom. The summed E-state index contributed by atoms with van der Waals surface area (Å²) in [5.41, 5.74) is 3.54. The highest BCUT2D eigenvalue weighted by atomic mass is 16.5. The molecule has 3 aromatic rings. The number of anilines is 1. The molecule has 1 aliphatic heterocycles. The average Bonchev–Trinajstić information content (AvgIpc) is 3.20. The van der Waals surface area contributed by atoms with Crippen LogP contribution in [-0.2, 0) is 20.7 Å². The Labute approximate surface area is 176 Å². The number of ether oxygens (including phenoxy) is 1.